The highest BCUT2D eigenvalue weighted by molar-refractivity contribution is 5.37. The summed E-state index contributed by atoms with van der Waals surface area (Å²) in [6, 6.07) is 0.419. The molecule has 0 aromatic heterocycles. The average molecular weight is 657 g/mol. The molecule has 2 fully saturated rings. The van der Waals surface area contributed by atoms with Gasteiger partial charge < -0.3 is 18.9 Å². The normalized spacial score (nSPS) is 22.7. The lowest BCUT2D eigenvalue weighted by Crippen LogP contribution is -2.37. The van der Waals surface area contributed by atoms with Gasteiger partial charge in [0.15, 0.2) is 23.6 Å². The molecule has 4 rings (SSSR count). The molecule has 2 aliphatic rings. The van der Waals surface area contributed by atoms with Crippen LogP contribution in [0.4, 0.5) is 43.9 Å². The van der Waals surface area contributed by atoms with Gasteiger partial charge in [-0.1, -0.05) is 25.5 Å². The number of benzene rings is 2. The van der Waals surface area contributed by atoms with Crippen LogP contribution in [0.1, 0.15) is 57.4 Å². The Morgan fingerprint density at radius 3 is 1.91 bits per heavy atom. The Bertz CT molecular complexity index is 1330. The van der Waals surface area contributed by atoms with Gasteiger partial charge in [0.25, 0.3) is 0 Å². The van der Waals surface area contributed by atoms with Gasteiger partial charge in [-0.25, -0.2) is 17.6 Å². The zero-order valence-corrected chi connectivity index (χ0v) is 23.9. The fourth-order valence-corrected chi connectivity index (χ4v) is 5.37. The van der Waals surface area contributed by atoms with Crippen LogP contribution in [-0.4, -0.2) is 18.8 Å². The van der Waals surface area contributed by atoms with Crippen molar-refractivity contribution in [3.05, 3.63) is 77.6 Å². The first-order valence-corrected chi connectivity index (χ1v) is 14.3. The first-order chi connectivity index (χ1) is 21.2. The Labute approximate surface area is 252 Å². The third kappa shape index (κ3) is 8.86. The zero-order chi connectivity index (χ0) is 32.9. The second-order valence-electron chi connectivity index (χ2n) is 11.0. The van der Waals surface area contributed by atoms with Crippen molar-refractivity contribution < 1.29 is 62.9 Å². The highest BCUT2D eigenvalue weighted by atomic mass is 19.3. The van der Waals surface area contributed by atoms with Gasteiger partial charge in [0.2, 0.25) is 0 Å². The predicted octanol–water partition coefficient (Wildman–Crippen LogP) is 10.0. The molecular weight excluding hydrogens is 626 g/mol. The van der Waals surface area contributed by atoms with Crippen molar-refractivity contribution in [3.63, 3.8) is 0 Å². The molecule has 0 bridgehead atoms. The van der Waals surface area contributed by atoms with E-state index < -0.39 is 70.3 Å². The molecule has 0 amide bonds. The fraction of sp³-hybridized carbons (Fsp3) is 0.484. The van der Waals surface area contributed by atoms with Crippen LogP contribution in [0.15, 0.2) is 48.8 Å². The molecule has 1 aliphatic carbocycles. The molecule has 4 nitrogen and oxygen atoms in total. The van der Waals surface area contributed by atoms with Crippen LogP contribution in [0.25, 0.3) is 0 Å². The summed E-state index contributed by atoms with van der Waals surface area (Å²) in [7, 11) is 0. The minimum atomic E-state index is -4.91. The van der Waals surface area contributed by atoms with Gasteiger partial charge in [-0.2, -0.15) is 26.3 Å². The summed E-state index contributed by atoms with van der Waals surface area (Å²) >= 11 is 0. The number of hydrogen-bond donors (Lipinski definition) is 0. The number of halogens is 10. The standard InChI is InChI=1S/C31H30F10O4/c1-2-17-5-9-20(42-15-17)10-6-18-3-7-19(8-4-18)30(38,39)44-21-11-23(32)28(24(33)12-21)31(40,41)45-22-13-25(34)29(26(35)14-22)43-16-27(36)37/h6,10-14,16-20H,2-5,7-9,15H2,1H3/b10-6+. The second kappa shape index (κ2) is 14.3. The lowest BCUT2D eigenvalue weighted by Gasteiger charge is -2.33. The van der Waals surface area contributed by atoms with Crippen LogP contribution >= 0.6 is 0 Å². The molecule has 248 valence electrons. The molecule has 1 saturated heterocycles. The van der Waals surface area contributed by atoms with Crippen LogP contribution in [0, 0.1) is 41.0 Å². The monoisotopic (exact) mass is 656 g/mol. The SMILES string of the molecule is CCC1CCC(/C=C/C2CCC(C(F)(F)Oc3cc(F)c(C(F)(F)Oc4cc(F)c(OC=C(F)F)c(F)c4)c(F)c3)CC2)OC1. The summed E-state index contributed by atoms with van der Waals surface area (Å²) in [6.45, 7) is 2.79. The molecule has 14 heteroatoms. The third-order valence-electron chi connectivity index (χ3n) is 7.87. The number of rotatable bonds is 11. The minimum absolute atomic E-state index is 0.0126. The van der Waals surface area contributed by atoms with Gasteiger partial charge in [-0.05, 0) is 50.4 Å². The van der Waals surface area contributed by atoms with Gasteiger partial charge in [0.1, 0.15) is 28.7 Å². The van der Waals surface area contributed by atoms with E-state index in [0.717, 1.165) is 19.3 Å². The summed E-state index contributed by atoms with van der Waals surface area (Å²) in [4.78, 5) is 0. The summed E-state index contributed by atoms with van der Waals surface area (Å²) in [5.74, 6) is -12.1. The van der Waals surface area contributed by atoms with E-state index in [-0.39, 0.29) is 55.4 Å². The van der Waals surface area contributed by atoms with Crippen molar-refractivity contribution in [1.82, 2.24) is 0 Å². The Kier molecular flexibility index (Phi) is 11.0. The van der Waals surface area contributed by atoms with Gasteiger partial charge >= 0.3 is 18.3 Å². The third-order valence-corrected chi connectivity index (χ3v) is 7.87. The van der Waals surface area contributed by atoms with E-state index in [2.05, 4.69) is 21.1 Å². The maximum Gasteiger partial charge on any atom is 0.432 e. The lowest BCUT2D eigenvalue weighted by atomic mass is 9.81. The molecule has 0 N–H and O–H groups in total. The van der Waals surface area contributed by atoms with Gasteiger partial charge in [0.05, 0.1) is 18.6 Å². The average Bonchev–Trinajstić information content (AvgIpc) is 2.95. The largest absolute Gasteiger partial charge is 0.453 e. The summed E-state index contributed by atoms with van der Waals surface area (Å²) in [5.41, 5.74) is -2.05. The lowest BCUT2D eigenvalue weighted by molar-refractivity contribution is -0.223. The maximum absolute atomic E-state index is 15.0. The van der Waals surface area contributed by atoms with Gasteiger partial charge in [-0.15, -0.1) is 0 Å². The Hall–Kier alpha value is -3.42. The molecule has 2 unspecified atom stereocenters. The number of ether oxygens (including phenoxy) is 4. The summed E-state index contributed by atoms with van der Waals surface area (Å²) < 4.78 is 159. The molecule has 0 spiro atoms. The Morgan fingerprint density at radius 2 is 1.38 bits per heavy atom. The van der Waals surface area contributed by atoms with Crippen molar-refractivity contribution in [3.8, 4) is 17.2 Å². The van der Waals surface area contributed by atoms with Crippen molar-refractivity contribution in [2.75, 3.05) is 6.61 Å². The van der Waals surface area contributed by atoms with Crippen LogP contribution in [0.2, 0.25) is 0 Å². The smallest absolute Gasteiger partial charge is 0.432 e. The fourth-order valence-electron chi connectivity index (χ4n) is 5.37. The molecule has 0 radical (unpaired) electrons. The van der Waals surface area contributed by atoms with Crippen molar-refractivity contribution in [2.24, 2.45) is 17.8 Å². The van der Waals surface area contributed by atoms with Crippen molar-refractivity contribution in [2.45, 2.75) is 70.2 Å². The van der Waals surface area contributed by atoms with Crippen LogP contribution in [-0.2, 0) is 10.8 Å². The molecule has 1 aliphatic heterocycles. The molecule has 2 aromatic carbocycles. The quantitative estimate of drug-likeness (QED) is 0.137. The van der Waals surface area contributed by atoms with E-state index >= 15 is 0 Å². The first-order valence-electron chi connectivity index (χ1n) is 14.3. The summed E-state index contributed by atoms with van der Waals surface area (Å²) in [5, 5.41) is 0. The van der Waals surface area contributed by atoms with E-state index in [1.165, 1.54) is 0 Å². The van der Waals surface area contributed by atoms with E-state index in [1.54, 1.807) is 0 Å². The van der Waals surface area contributed by atoms with Gasteiger partial charge in [-0.3, -0.25) is 0 Å². The molecular formula is C31H30F10O4. The first kappa shape index (κ1) is 34.5. The maximum atomic E-state index is 15.0. The summed E-state index contributed by atoms with van der Waals surface area (Å²) in [6.07, 6.45) is -3.75. The minimum Gasteiger partial charge on any atom is -0.453 e. The molecule has 2 aromatic rings. The van der Waals surface area contributed by atoms with Gasteiger partial charge in [0, 0.05) is 24.3 Å². The Morgan fingerprint density at radius 1 is 0.800 bits per heavy atom. The highest BCUT2D eigenvalue weighted by Gasteiger charge is 2.45. The van der Waals surface area contributed by atoms with Crippen LogP contribution in [0.3, 0.4) is 0 Å². The van der Waals surface area contributed by atoms with Crippen molar-refractivity contribution in [1.29, 1.82) is 0 Å². The van der Waals surface area contributed by atoms with E-state index in [4.69, 9.17) is 4.74 Å². The molecule has 2 atom stereocenters. The number of hydrogen-bond acceptors (Lipinski definition) is 4. The topological polar surface area (TPSA) is 36.9 Å². The zero-order valence-electron chi connectivity index (χ0n) is 23.9. The van der Waals surface area contributed by atoms with Crippen molar-refractivity contribution >= 4 is 0 Å². The van der Waals surface area contributed by atoms with Crippen LogP contribution in [0.5, 0.6) is 17.2 Å². The number of alkyl halides is 4. The van der Waals surface area contributed by atoms with Crippen LogP contribution < -0.4 is 14.2 Å². The molecule has 1 saturated carbocycles. The highest BCUT2D eigenvalue weighted by Crippen LogP contribution is 2.43. The van der Waals surface area contributed by atoms with E-state index in [1.807, 2.05) is 12.2 Å². The second-order valence-corrected chi connectivity index (χ2v) is 11.0. The van der Waals surface area contributed by atoms with E-state index in [9.17, 15) is 43.9 Å². The predicted molar refractivity (Wildman–Crippen MR) is 141 cm³/mol. The molecule has 1 heterocycles. The molecule has 45 heavy (non-hydrogen) atoms. The van der Waals surface area contributed by atoms with E-state index in [0.29, 0.717) is 25.4 Å². The Balaban J connectivity index is 1.38. The number of allylic oxidation sites excluding steroid dienone is 1.